The molecule has 0 spiro atoms. The summed E-state index contributed by atoms with van der Waals surface area (Å²) < 4.78 is 0. The van der Waals surface area contributed by atoms with E-state index in [0.717, 1.165) is 56.6 Å². The zero-order valence-electron chi connectivity index (χ0n) is 16.8. The first-order valence-electron chi connectivity index (χ1n) is 10.7. The van der Waals surface area contributed by atoms with Crippen molar-refractivity contribution in [2.45, 2.75) is 31.7 Å². The van der Waals surface area contributed by atoms with Gasteiger partial charge >= 0.3 is 0 Å². The number of imide groups is 1. The Morgan fingerprint density at radius 2 is 1.83 bits per heavy atom. The zero-order chi connectivity index (χ0) is 20.2. The van der Waals surface area contributed by atoms with E-state index in [-0.39, 0.29) is 11.8 Å². The van der Waals surface area contributed by atoms with Gasteiger partial charge in [0, 0.05) is 44.8 Å². The number of hydrogen-bond donors (Lipinski definition) is 3. The van der Waals surface area contributed by atoms with Gasteiger partial charge in [-0.15, -0.1) is 0 Å². The maximum Gasteiger partial charge on any atom is 0.249 e. The SMILES string of the molecule is O=C1CCC(Nc2ccc(N3CCN(CC4CCNCC4)CC3)c(Cl)c2)C(=O)N1. The number of carbonyl (C=O) groups excluding carboxylic acids is 2. The monoisotopic (exact) mass is 419 g/mol. The number of amides is 2. The van der Waals surface area contributed by atoms with E-state index >= 15 is 0 Å². The predicted molar refractivity (Wildman–Crippen MR) is 115 cm³/mol. The van der Waals surface area contributed by atoms with Crippen molar-refractivity contribution in [2.24, 2.45) is 5.92 Å². The van der Waals surface area contributed by atoms with Crippen molar-refractivity contribution in [3.63, 3.8) is 0 Å². The molecule has 3 aliphatic rings. The molecular formula is C21H30ClN5O2. The van der Waals surface area contributed by atoms with Gasteiger partial charge in [-0.1, -0.05) is 11.6 Å². The predicted octanol–water partition coefficient (Wildman–Crippen LogP) is 1.68. The van der Waals surface area contributed by atoms with Crippen LogP contribution in [0, 0.1) is 5.92 Å². The van der Waals surface area contributed by atoms with Crippen LogP contribution in [0.3, 0.4) is 0 Å². The van der Waals surface area contributed by atoms with Crippen LogP contribution in [0.2, 0.25) is 5.02 Å². The van der Waals surface area contributed by atoms with Crippen molar-refractivity contribution in [3.8, 4) is 0 Å². The summed E-state index contributed by atoms with van der Waals surface area (Å²) in [6.45, 7) is 7.60. The maximum absolute atomic E-state index is 11.9. The molecular weight excluding hydrogens is 390 g/mol. The van der Waals surface area contributed by atoms with Crippen LogP contribution in [0.15, 0.2) is 18.2 Å². The molecule has 3 aliphatic heterocycles. The van der Waals surface area contributed by atoms with Crippen molar-refractivity contribution in [3.05, 3.63) is 23.2 Å². The minimum atomic E-state index is -0.395. The average Bonchev–Trinajstić information content (AvgIpc) is 2.72. The molecule has 3 N–H and O–H groups in total. The van der Waals surface area contributed by atoms with E-state index in [9.17, 15) is 9.59 Å². The Hall–Kier alpha value is -1.83. The van der Waals surface area contributed by atoms with Gasteiger partial charge in [-0.05, 0) is 56.5 Å². The minimum Gasteiger partial charge on any atom is -0.374 e. The molecule has 0 aromatic heterocycles. The summed E-state index contributed by atoms with van der Waals surface area (Å²) in [5.74, 6) is 0.344. The Labute approximate surface area is 177 Å². The molecule has 0 aliphatic carbocycles. The first-order chi connectivity index (χ1) is 14.1. The van der Waals surface area contributed by atoms with Crippen LogP contribution in [0.5, 0.6) is 0 Å². The highest BCUT2D eigenvalue weighted by Crippen LogP contribution is 2.30. The van der Waals surface area contributed by atoms with E-state index in [1.807, 2.05) is 18.2 Å². The molecule has 7 nitrogen and oxygen atoms in total. The minimum absolute atomic E-state index is 0.208. The molecule has 1 aromatic rings. The van der Waals surface area contributed by atoms with Gasteiger partial charge in [-0.2, -0.15) is 0 Å². The molecule has 1 aromatic carbocycles. The number of nitrogens with zero attached hydrogens (tertiary/aromatic N) is 2. The third kappa shape index (κ3) is 5.21. The second-order valence-electron chi connectivity index (χ2n) is 8.30. The van der Waals surface area contributed by atoms with Gasteiger partial charge in [0.05, 0.1) is 10.7 Å². The highest BCUT2D eigenvalue weighted by molar-refractivity contribution is 6.33. The molecule has 1 unspecified atom stereocenters. The molecule has 3 saturated heterocycles. The summed E-state index contributed by atoms with van der Waals surface area (Å²) in [5, 5.41) is 9.69. The topological polar surface area (TPSA) is 76.7 Å². The number of nitrogens with one attached hydrogen (secondary N) is 3. The van der Waals surface area contributed by atoms with E-state index in [1.54, 1.807) is 0 Å². The number of carbonyl (C=O) groups is 2. The standard InChI is InChI=1S/C21H30ClN5O2/c22-17-13-16(24-18-2-4-20(28)25-21(18)29)1-3-19(17)27-11-9-26(10-12-27)14-15-5-7-23-8-6-15/h1,3,13,15,18,23-24H,2,4-12,14H2,(H,25,28,29). The molecule has 0 bridgehead atoms. The summed E-state index contributed by atoms with van der Waals surface area (Å²) in [7, 11) is 0. The van der Waals surface area contributed by atoms with Gasteiger partial charge in [-0.3, -0.25) is 19.8 Å². The smallest absolute Gasteiger partial charge is 0.249 e. The van der Waals surface area contributed by atoms with E-state index in [2.05, 4.69) is 25.8 Å². The normalized spacial score (nSPS) is 24.4. The number of hydrogen-bond acceptors (Lipinski definition) is 6. The summed E-state index contributed by atoms with van der Waals surface area (Å²) in [4.78, 5) is 28.2. The van der Waals surface area contributed by atoms with Gasteiger partial charge in [0.15, 0.2) is 0 Å². The Morgan fingerprint density at radius 3 is 2.52 bits per heavy atom. The van der Waals surface area contributed by atoms with E-state index in [4.69, 9.17) is 11.6 Å². The summed E-state index contributed by atoms with van der Waals surface area (Å²) >= 11 is 6.58. The lowest BCUT2D eigenvalue weighted by Gasteiger charge is -2.38. The molecule has 29 heavy (non-hydrogen) atoms. The summed E-state index contributed by atoms with van der Waals surface area (Å²) in [6, 6.07) is 5.47. The second kappa shape index (κ2) is 9.32. The number of halogens is 1. The van der Waals surface area contributed by atoms with Crippen molar-refractivity contribution in [1.82, 2.24) is 15.5 Å². The number of piperidine rings is 2. The molecule has 1 atom stereocenters. The molecule has 3 fully saturated rings. The van der Waals surface area contributed by atoms with Crippen molar-refractivity contribution >= 4 is 34.8 Å². The van der Waals surface area contributed by atoms with Crippen molar-refractivity contribution in [2.75, 3.05) is 56.0 Å². The van der Waals surface area contributed by atoms with Gasteiger partial charge in [-0.25, -0.2) is 0 Å². The third-order valence-electron chi connectivity index (χ3n) is 6.22. The number of benzene rings is 1. The zero-order valence-corrected chi connectivity index (χ0v) is 17.5. The van der Waals surface area contributed by atoms with E-state index in [1.165, 1.54) is 19.4 Å². The van der Waals surface area contributed by atoms with Crippen LogP contribution in [0.25, 0.3) is 0 Å². The highest BCUT2D eigenvalue weighted by Gasteiger charge is 2.27. The number of anilines is 2. The number of piperazine rings is 1. The van der Waals surface area contributed by atoms with Crippen LogP contribution >= 0.6 is 11.6 Å². The van der Waals surface area contributed by atoms with Crippen molar-refractivity contribution < 1.29 is 9.59 Å². The van der Waals surface area contributed by atoms with Crippen LogP contribution < -0.4 is 20.9 Å². The van der Waals surface area contributed by atoms with Crippen molar-refractivity contribution in [1.29, 1.82) is 0 Å². The van der Waals surface area contributed by atoms with Crippen LogP contribution in [-0.2, 0) is 9.59 Å². The fraction of sp³-hybridized carbons (Fsp3) is 0.619. The summed E-state index contributed by atoms with van der Waals surface area (Å²) in [6.07, 6.45) is 3.43. The lowest BCUT2D eigenvalue weighted by Crippen LogP contribution is -2.48. The Morgan fingerprint density at radius 1 is 1.07 bits per heavy atom. The number of rotatable bonds is 5. The third-order valence-corrected chi connectivity index (χ3v) is 6.52. The molecule has 158 valence electrons. The van der Waals surface area contributed by atoms with Gasteiger partial charge in [0.25, 0.3) is 0 Å². The molecule has 0 saturated carbocycles. The Kier molecular flexibility index (Phi) is 6.57. The first kappa shape index (κ1) is 20.4. The summed E-state index contributed by atoms with van der Waals surface area (Å²) in [5.41, 5.74) is 1.85. The first-order valence-corrected chi connectivity index (χ1v) is 11.0. The Bertz CT molecular complexity index is 745. The molecule has 3 heterocycles. The lowest BCUT2D eigenvalue weighted by atomic mass is 9.97. The molecule has 2 amide bonds. The Balaban J connectivity index is 1.30. The second-order valence-corrected chi connectivity index (χ2v) is 8.70. The van der Waals surface area contributed by atoms with Gasteiger partial charge in [0.1, 0.15) is 6.04 Å². The maximum atomic E-state index is 11.9. The average molecular weight is 420 g/mol. The van der Waals surface area contributed by atoms with E-state index in [0.29, 0.717) is 17.9 Å². The molecule has 0 radical (unpaired) electrons. The van der Waals surface area contributed by atoms with Crippen LogP contribution in [0.4, 0.5) is 11.4 Å². The quantitative estimate of drug-likeness (QED) is 0.630. The van der Waals surface area contributed by atoms with Crippen LogP contribution in [0.1, 0.15) is 25.7 Å². The largest absolute Gasteiger partial charge is 0.374 e. The van der Waals surface area contributed by atoms with E-state index < -0.39 is 6.04 Å². The fourth-order valence-corrected chi connectivity index (χ4v) is 4.79. The fourth-order valence-electron chi connectivity index (χ4n) is 4.49. The molecule has 4 rings (SSSR count). The molecule has 8 heteroatoms. The lowest BCUT2D eigenvalue weighted by molar-refractivity contribution is -0.133. The van der Waals surface area contributed by atoms with Gasteiger partial charge < -0.3 is 15.5 Å². The highest BCUT2D eigenvalue weighted by atomic mass is 35.5. The van der Waals surface area contributed by atoms with Gasteiger partial charge in [0.2, 0.25) is 11.8 Å². The van der Waals surface area contributed by atoms with Crippen LogP contribution in [-0.4, -0.2) is 68.6 Å².